The highest BCUT2D eigenvalue weighted by molar-refractivity contribution is 6.50. The van der Waals surface area contributed by atoms with Crippen molar-refractivity contribution in [1.29, 1.82) is 0 Å². The van der Waals surface area contributed by atoms with Crippen LogP contribution in [0, 0.1) is 0 Å². The summed E-state index contributed by atoms with van der Waals surface area (Å²) >= 11 is 11.5. The van der Waals surface area contributed by atoms with E-state index in [4.69, 9.17) is 23.2 Å². The third-order valence-electron chi connectivity index (χ3n) is 1.41. The summed E-state index contributed by atoms with van der Waals surface area (Å²) in [6.07, 6.45) is 1.22. The summed E-state index contributed by atoms with van der Waals surface area (Å²) in [5, 5.41) is 0.730. The molecule has 5 heteroatoms. The number of halogens is 4. The highest BCUT2D eigenvalue weighted by atomic mass is 35.5. The highest BCUT2D eigenvalue weighted by Gasteiger charge is 2.07. The molecule has 0 aliphatic carbocycles. The predicted molar refractivity (Wildman–Crippen MR) is 53.5 cm³/mol. The summed E-state index contributed by atoms with van der Waals surface area (Å²) in [6, 6.07) is 4.85. The molecule has 0 radical (unpaired) electrons. The van der Waals surface area contributed by atoms with E-state index >= 15 is 0 Å². The van der Waals surface area contributed by atoms with Gasteiger partial charge in [-0.3, -0.25) is 8.63 Å². The van der Waals surface area contributed by atoms with Gasteiger partial charge in [0.2, 0.25) is 0 Å². The molecule has 1 rings (SSSR count). The van der Waals surface area contributed by atoms with Crippen molar-refractivity contribution in [2.24, 2.45) is 0 Å². The van der Waals surface area contributed by atoms with Crippen molar-refractivity contribution in [2.75, 3.05) is 0 Å². The molecule has 0 saturated carbocycles. The van der Waals surface area contributed by atoms with Gasteiger partial charge in [-0.15, -0.1) is 0 Å². The zero-order valence-electron chi connectivity index (χ0n) is 6.48. The van der Waals surface area contributed by atoms with Crippen molar-refractivity contribution in [3.8, 4) is 0 Å². The van der Waals surface area contributed by atoms with Crippen molar-refractivity contribution >= 4 is 36.5 Å². The predicted octanol–water partition coefficient (Wildman–Crippen LogP) is 3.97. The van der Waals surface area contributed by atoms with Gasteiger partial charge in [-0.25, -0.2) is 0 Å². The Bertz CT molecular complexity index is 306. The van der Waals surface area contributed by atoms with Crippen LogP contribution in [0.1, 0.15) is 5.56 Å². The molecule has 0 amide bonds. The second-order valence-electron chi connectivity index (χ2n) is 2.33. The molecule has 0 aliphatic rings. The van der Waals surface area contributed by atoms with E-state index in [1.54, 1.807) is 18.2 Å². The summed E-state index contributed by atoms with van der Waals surface area (Å²) in [5.41, 5.74) is 0.422. The van der Waals surface area contributed by atoms with Crippen LogP contribution in [0.2, 0.25) is 10.0 Å². The topological polar surface area (TPSA) is 0 Å². The van der Waals surface area contributed by atoms with Crippen LogP contribution in [-0.4, -0.2) is 7.27 Å². The second kappa shape index (κ2) is 4.63. The van der Waals surface area contributed by atoms with Crippen molar-refractivity contribution in [3.63, 3.8) is 0 Å². The van der Waals surface area contributed by atoms with E-state index < -0.39 is 7.27 Å². The van der Waals surface area contributed by atoms with E-state index in [0.717, 1.165) is 5.98 Å². The zero-order valence-corrected chi connectivity index (χ0v) is 7.99. The fraction of sp³-hybridized carbons (Fsp3) is 0. The van der Waals surface area contributed by atoms with Crippen LogP contribution in [0.4, 0.5) is 8.63 Å². The van der Waals surface area contributed by atoms with Crippen LogP contribution in [0.25, 0.3) is 6.08 Å². The number of hydrogen-bond acceptors (Lipinski definition) is 0. The van der Waals surface area contributed by atoms with Gasteiger partial charge < -0.3 is 0 Å². The summed E-state index contributed by atoms with van der Waals surface area (Å²) in [7, 11) is -2.49. The smallest absolute Gasteiger partial charge is 0.282 e. The summed E-state index contributed by atoms with van der Waals surface area (Å²) < 4.78 is 23.6. The molecule has 13 heavy (non-hydrogen) atoms. The van der Waals surface area contributed by atoms with Gasteiger partial charge in [0.25, 0.3) is 0 Å². The van der Waals surface area contributed by atoms with Crippen molar-refractivity contribution in [1.82, 2.24) is 0 Å². The van der Waals surface area contributed by atoms with E-state index in [9.17, 15) is 8.63 Å². The largest absolute Gasteiger partial charge is 0.564 e. The van der Waals surface area contributed by atoms with Gasteiger partial charge in [-0.1, -0.05) is 35.3 Å². The SMILES string of the molecule is FB(F)/C=C/c1c(Cl)cccc1Cl. The molecule has 0 saturated heterocycles. The molecule has 0 fully saturated rings. The third kappa shape index (κ3) is 3.01. The Morgan fingerprint density at radius 3 is 2.15 bits per heavy atom. The second-order valence-corrected chi connectivity index (χ2v) is 3.14. The maximum Gasteiger partial charge on any atom is 0.564 e. The molecule has 68 valence electrons. The minimum absolute atomic E-state index is 0.365. The summed E-state index contributed by atoms with van der Waals surface area (Å²) in [5.74, 6) is 0.743. The van der Waals surface area contributed by atoms with Gasteiger partial charge in [0.05, 0.1) is 0 Å². The minimum Gasteiger partial charge on any atom is -0.282 e. The van der Waals surface area contributed by atoms with Gasteiger partial charge in [0.1, 0.15) is 0 Å². The fourth-order valence-electron chi connectivity index (χ4n) is 0.839. The lowest BCUT2D eigenvalue weighted by atomic mass is 9.97. The van der Waals surface area contributed by atoms with Gasteiger partial charge in [-0.2, -0.15) is 0 Å². The molecule has 1 aromatic rings. The lowest BCUT2D eigenvalue weighted by Crippen LogP contribution is -1.88. The molecule has 0 nitrogen and oxygen atoms in total. The first kappa shape index (κ1) is 10.5. The molecule has 0 aromatic heterocycles. The van der Waals surface area contributed by atoms with Crippen molar-refractivity contribution < 1.29 is 8.63 Å². The van der Waals surface area contributed by atoms with Crippen LogP contribution in [0.15, 0.2) is 24.2 Å². The van der Waals surface area contributed by atoms with Gasteiger partial charge in [0, 0.05) is 15.6 Å². The van der Waals surface area contributed by atoms with Crippen molar-refractivity contribution in [2.45, 2.75) is 0 Å². The lowest BCUT2D eigenvalue weighted by molar-refractivity contribution is 0.683. The number of hydrogen-bond donors (Lipinski definition) is 0. The first-order chi connectivity index (χ1) is 6.11. The van der Waals surface area contributed by atoms with Crippen LogP contribution in [0.5, 0.6) is 0 Å². The molecule has 0 unspecified atom stereocenters. The van der Waals surface area contributed by atoms with E-state index in [1.807, 2.05) is 0 Å². The van der Waals surface area contributed by atoms with E-state index in [1.165, 1.54) is 6.08 Å². The molecule has 0 heterocycles. The summed E-state index contributed by atoms with van der Waals surface area (Å²) in [4.78, 5) is 0. The quantitative estimate of drug-likeness (QED) is 0.662. The maximum atomic E-state index is 11.8. The Morgan fingerprint density at radius 1 is 1.15 bits per heavy atom. The molecule has 0 spiro atoms. The van der Waals surface area contributed by atoms with E-state index in [-0.39, 0.29) is 0 Å². The Labute approximate surface area is 85.3 Å². The van der Waals surface area contributed by atoms with Gasteiger partial charge >= 0.3 is 7.27 Å². The number of rotatable bonds is 2. The normalized spacial score (nSPS) is 10.8. The Kier molecular flexibility index (Phi) is 3.76. The molecule has 0 bridgehead atoms. The Balaban J connectivity index is 3.00. The van der Waals surface area contributed by atoms with Gasteiger partial charge in [-0.05, 0) is 18.1 Å². The zero-order chi connectivity index (χ0) is 9.84. The molecule has 0 atom stereocenters. The van der Waals surface area contributed by atoms with Crippen LogP contribution < -0.4 is 0 Å². The Morgan fingerprint density at radius 2 is 1.69 bits per heavy atom. The van der Waals surface area contributed by atoms with Crippen molar-refractivity contribution in [3.05, 3.63) is 39.8 Å². The minimum atomic E-state index is -2.49. The standard InChI is InChI=1S/C8H5BCl2F2/c10-7-2-1-3-8(11)6(7)4-5-9(12)13/h1-5H/b5-4+. The van der Waals surface area contributed by atoms with Crippen LogP contribution in [-0.2, 0) is 0 Å². The lowest BCUT2D eigenvalue weighted by Gasteiger charge is -1.99. The van der Waals surface area contributed by atoms with Crippen LogP contribution >= 0.6 is 23.2 Å². The fourth-order valence-corrected chi connectivity index (χ4v) is 1.36. The average Bonchev–Trinajstić information content (AvgIpc) is 2.03. The Hall–Kier alpha value is -0.535. The van der Waals surface area contributed by atoms with Gasteiger partial charge in [0.15, 0.2) is 0 Å². The molecule has 1 aromatic carbocycles. The van der Waals surface area contributed by atoms with E-state index in [2.05, 4.69) is 0 Å². The van der Waals surface area contributed by atoms with E-state index in [0.29, 0.717) is 15.6 Å². The highest BCUT2D eigenvalue weighted by Crippen LogP contribution is 2.25. The molecule has 0 N–H and O–H groups in total. The summed E-state index contributed by atoms with van der Waals surface area (Å²) in [6.45, 7) is 0. The first-order valence-electron chi connectivity index (χ1n) is 3.51. The number of benzene rings is 1. The molecule has 0 aliphatic heterocycles. The maximum absolute atomic E-state index is 11.8. The average molecular weight is 221 g/mol. The molecular formula is C8H5BCl2F2. The van der Waals surface area contributed by atoms with Crippen LogP contribution in [0.3, 0.4) is 0 Å². The monoisotopic (exact) mass is 220 g/mol. The first-order valence-corrected chi connectivity index (χ1v) is 4.27. The molecular weight excluding hydrogens is 216 g/mol. The third-order valence-corrected chi connectivity index (χ3v) is 2.07.